The number of benzene rings is 1. The molecule has 0 aliphatic carbocycles. The zero-order valence-electron chi connectivity index (χ0n) is 19.2. The van der Waals surface area contributed by atoms with Crippen molar-refractivity contribution in [3.63, 3.8) is 0 Å². The SMILES string of the molecule is COc1ccc(N2CCOCC2)c2sc(NC(=O)c3ccnc(CN4CCC(O)CC4)c3)nc12. The molecule has 1 aromatic carbocycles. The van der Waals surface area contributed by atoms with Gasteiger partial charge >= 0.3 is 0 Å². The van der Waals surface area contributed by atoms with Crippen molar-refractivity contribution < 1.29 is 19.4 Å². The number of piperidine rings is 1. The summed E-state index contributed by atoms with van der Waals surface area (Å²) in [4.78, 5) is 26.7. The fourth-order valence-corrected chi connectivity index (χ4v) is 5.44. The van der Waals surface area contributed by atoms with Crippen LogP contribution in [0.25, 0.3) is 10.2 Å². The quantitative estimate of drug-likeness (QED) is 0.552. The van der Waals surface area contributed by atoms with Gasteiger partial charge in [-0.25, -0.2) is 4.98 Å². The first-order valence-corrected chi connectivity index (χ1v) is 12.4. The molecule has 34 heavy (non-hydrogen) atoms. The molecule has 10 heteroatoms. The second kappa shape index (κ2) is 10.2. The van der Waals surface area contributed by atoms with E-state index in [1.807, 2.05) is 18.2 Å². The highest BCUT2D eigenvalue weighted by atomic mass is 32.1. The van der Waals surface area contributed by atoms with Crippen LogP contribution in [0, 0.1) is 0 Å². The third-order valence-electron chi connectivity index (χ3n) is 6.30. The van der Waals surface area contributed by atoms with Gasteiger partial charge in [0.2, 0.25) is 0 Å². The predicted molar refractivity (Wildman–Crippen MR) is 132 cm³/mol. The lowest BCUT2D eigenvalue weighted by molar-refractivity contribution is 0.0786. The van der Waals surface area contributed by atoms with Gasteiger partial charge < -0.3 is 19.5 Å². The Labute approximate surface area is 202 Å². The van der Waals surface area contributed by atoms with Gasteiger partial charge in [-0.15, -0.1) is 0 Å². The molecule has 9 nitrogen and oxygen atoms in total. The van der Waals surface area contributed by atoms with E-state index in [1.165, 1.54) is 11.3 Å². The number of thiazole rings is 1. The van der Waals surface area contributed by atoms with Crippen LogP contribution in [0.15, 0.2) is 30.5 Å². The number of hydrogen-bond donors (Lipinski definition) is 2. The van der Waals surface area contributed by atoms with Gasteiger partial charge in [0.25, 0.3) is 5.91 Å². The molecule has 2 aliphatic rings. The number of anilines is 2. The van der Waals surface area contributed by atoms with Crippen molar-refractivity contribution in [1.29, 1.82) is 0 Å². The zero-order chi connectivity index (χ0) is 23.5. The Balaban J connectivity index is 1.34. The highest BCUT2D eigenvalue weighted by molar-refractivity contribution is 7.23. The van der Waals surface area contributed by atoms with Crippen LogP contribution in [-0.4, -0.2) is 78.5 Å². The second-order valence-corrected chi connectivity index (χ2v) is 9.58. The van der Waals surface area contributed by atoms with E-state index in [0.29, 0.717) is 36.2 Å². The molecule has 0 saturated carbocycles. The first kappa shape index (κ1) is 23.0. The van der Waals surface area contributed by atoms with E-state index >= 15 is 0 Å². The number of pyridine rings is 1. The third-order valence-corrected chi connectivity index (χ3v) is 7.29. The van der Waals surface area contributed by atoms with Crippen molar-refractivity contribution in [1.82, 2.24) is 14.9 Å². The van der Waals surface area contributed by atoms with E-state index in [4.69, 9.17) is 9.47 Å². The summed E-state index contributed by atoms with van der Waals surface area (Å²) in [6.45, 7) is 5.34. The molecule has 5 rings (SSSR count). The molecule has 0 atom stereocenters. The predicted octanol–water partition coefficient (Wildman–Crippen LogP) is 2.75. The van der Waals surface area contributed by atoms with Crippen molar-refractivity contribution >= 4 is 38.3 Å². The molecule has 2 N–H and O–H groups in total. The average Bonchev–Trinajstić information content (AvgIpc) is 3.29. The number of nitrogens with one attached hydrogen (secondary N) is 1. The van der Waals surface area contributed by atoms with Crippen LogP contribution in [0.5, 0.6) is 5.75 Å². The summed E-state index contributed by atoms with van der Waals surface area (Å²) in [7, 11) is 1.63. The summed E-state index contributed by atoms with van der Waals surface area (Å²) in [5.74, 6) is 0.463. The number of nitrogens with zero attached hydrogens (tertiary/aromatic N) is 4. The minimum atomic E-state index is -0.219. The minimum Gasteiger partial charge on any atom is -0.494 e. The molecule has 3 aromatic rings. The average molecular weight is 484 g/mol. The first-order valence-electron chi connectivity index (χ1n) is 11.6. The lowest BCUT2D eigenvalue weighted by atomic mass is 10.1. The normalized spacial score (nSPS) is 17.8. The van der Waals surface area contributed by atoms with E-state index in [0.717, 1.165) is 60.6 Å². The van der Waals surface area contributed by atoms with Crippen LogP contribution >= 0.6 is 11.3 Å². The van der Waals surface area contributed by atoms with Gasteiger partial charge in [-0.2, -0.15) is 0 Å². The van der Waals surface area contributed by atoms with Gasteiger partial charge in [-0.1, -0.05) is 11.3 Å². The lowest BCUT2D eigenvalue weighted by Gasteiger charge is -2.29. The number of aliphatic hydroxyl groups is 1. The molecule has 2 saturated heterocycles. The molecule has 0 bridgehead atoms. The fourth-order valence-electron chi connectivity index (χ4n) is 4.42. The van der Waals surface area contributed by atoms with Crippen molar-refractivity contribution in [2.75, 3.05) is 56.7 Å². The Morgan fingerprint density at radius 1 is 1.24 bits per heavy atom. The Morgan fingerprint density at radius 3 is 2.79 bits per heavy atom. The summed E-state index contributed by atoms with van der Waals surface area (Å²) in [5, 5.41) is 13.2. The molecule has 180 valence electrons. The third kappa shape index (κ3) is 5.00. The van der Waals surface area contributed by atoms with E-state index in [2.05, 4.69) is 25.1 Å². The van der Waals surface area contributed by atoms with Crippen LogP contribution in [0.1, 0.15) is 28.9 Å². The smallest absolute Gasteiger partial charge is 0.257 e. The van der Waals surface area contributed by atoms with Crippen LogP contribution < -0.4 is 15.0 Å². The number of fused-ring (bicyclic) bond motifs is 1. The van der Waals surface area contributed by atoms with Gasteiger partial charge in [0, 0.05) is 44.5 Å². The topological polar surface area (TPSA) is 100 Å². The Kier molecular flexibility index (Phi) is 6.91. The maximum Gasteiger partial charge on any atom is 0.257 e. The number of amides is 1. The number of hydrogen-bond acceptors (Lipinski definition) is 9. The van der Waals surface area contributed by atoms with E-state index in [-0.39, 0.29) is 12.0 Å². The maximum absolute atomic E-state index is 13.0. The first-order chi connectivity index (χ1) is 16.6. The van der Waals surface area contributed by atoms with Crippen LogP contribution in [-0.2, 0) is 11.3 Å². The second-order valence-electron chi connectivity index (χ2n) is 8.58. The Hall–Kier alpha value is -2.79. The Morgan fingerprint density at radius 2 is 2.03 bits per heavy atom. The largest absolute Gasteiger partial charge is 0.494 e. The number of aromatic nitrogens is 2. The van der Waals surface area contributed by atoms with E-state index < -0.39 is 0 Å². The number of morpholine rings is 1. The van der Waals surface area contributed by atoms with Crippen molar-refractivity contribution in [3.05, 3.63) is 41.7 Å². The van der Waals surface area contributed by atoms with Gasteiger partial charge in [0.1, 0.15) is 11.3 Å². The summed E-state index contributed by atoms with van der Waals surface area (Å²) < 4.78 is 12.0. The lowest BCUT2D eigenvalue weighted by Crippen LogP contribution is -2.36. The summed E-state index contributed by atoms with van der Waals surface area (Å²) in [5.41, 5.74) is 3.20. The number of aliphatic hydroxyl groups excluding tert-OH is 1. The monoisotopic (exact) mass is 483 g/mol. The van der Waals surface area contributed by atoms with Crippen LogP contribution in [0.4, 0.5) is 10.8 Å². The van der Waals surface area contributed by atoms with E-state index in [9.17, 15) is 9.90 Å². The summed E-state index contributed by atoms with van der Waals surface area (Å²) in [6, 6.07) is 7.51. The minimum absolute atomic E-state index is 0.211. The highest BCUT2D eigenvalue weighted by Gasteiger charge is 2.21. The molecule has 0 unspecified atom stereocenters. The summed E-state index contributed by atoms with van der Waals surface area (Å²) in [6.07, 6.45) is 3.00. The van der Waals surface area contributed by atoms with E-state index in [1.54, 1.807) is 19.4 Å². The molecule has 0 radical (unpaired) electrons. The number of carbonyl (C=O) groups is 1. The molecule has 1 amide bonds. The van der Waals surface area contributed by atoms with Crippen molar-refractivity contribution in [2.45, 2.75) is 25.5 Å². The molecule has 4 heterocycles. The van der Waals surface area contributed by atoms with Gasteiger partial charge in [0.15, 0.2) is 5.13 Å². The number of ether oxygens (including phenoxy) is 2. The number of likely N-dealkylation sites (tertiary alicyclic amines) is 1. The standard InChI is InChI=1S/C24H29N5O4S/c1-32-20-3-2-19(29-10-12-33-13-11-29)22-21(20)26-24(34-22)27-23(31)16-4-7-25-17(14-16)15-28-8-5-18(30)6-9-28/h2-4,7,14,18,30H,5-6,8-13,15H2,1H3,(H,26,27,31). The van der Waals surface area contributed by atoms with Crippen molar-refractivity contribution in [3.8, 4) is 5.75 Å². The molecule has 2 aromatic heterocycles. The summed E-state index contributed by atoms with van der Waals surface area (Å²) >= 11 is 1.45. The number of rotatable bonds is 6. The molecule has 2 fully saturated rings. The number of carbonyl (C=O) groups excluding carboxylic acids is 1. The molecular formula is C24H29N5O4S. The number of methoxy groups -OCH3 is 1. The molecule has 2 aliphatic heterocycles. The van der Waals surface area contributed by atoms with Gasteiger partial charge in [-0.3, -0.25) is 20.0 Å². The molecular weight excluding hydrogens is 454 g/mol. The Bertz CT molecular complexity index is 1160. The zero-order valence-corrected chi connectivity index (χ0v) is 20.0. The van der Waals surface area contributed by atoms with Crippen LogP contribution in [0.2, 0.25) is 0 Å². The molecule has 0 spiro atoms. The van der Waals surface area contributed by atoms with Gasteiger partial charge in [0.05, 0.1) is 42.5 Å². The highest BCUT2D eigenvalue weighted by Crippen LogP contribution is 2.39. The van der Waals surface area contributed by atoms with Crippen LogP contribution in [0.3, 0.4) is 0 Å². The maximum atomic E-state index is 13.0. The van der Waals surface area contributed by atoms with Gasteiger partial charge in [-0.05, 0) is 37.1 Å². The van der Waals surface area contributed by atoms with Crippen molar-refractivity contribution in [2.24, 2.45) is 0 Å². The fraction of sp³-hybridized carbons (Fsp3) is 0.458.